The van der Waals surface area contributed by atoms with E-state index in [0.29, 0.717) is 11.3 Å². The minimum atomic E-state index is 0.0434. The van der Waals surface area contributed by atoms with E-state index >= 15 is 0 Å². The third-order valence-electron chi connectivity index (χ3n) is 3.61. The molecule has 0 heterocycles. The summed E-state index contributed by atoms with van der Waals surface area (Å²) in [5.41, 5.74) is 3.26. The van der Waals surface area contributed by atoms with E-state index in [9.17, 15) is 4.79 Å². The highest BCUT2D eigenvalue weighted by Crippen LogP contribution is 2.35. The summed E-state index contributed by atoms with van der Waals surface area (Å²) in [6.07, 6.45) is 2.09. The molecule has 0 saturated heterocycles. The first-order chi connectivity index (χ1) is 9.25. The van der Waals surface area contributed by atoms with E-state index in [1.165, 1.54) is 11.1 Å². The molecule has 2 aromatic rings. The van der Waals surface area contributed by atoms with Gasteiger partial charge in [-0.1, -0.05) is 36.4 Å². The van der Waals surface area contributed by atoms with Gasteiger partial charge in [0.2, 0.25) is 0 Å². The minimum Gasteiger partial charge on any atom is -0.485 e. The Balaban J connectivity index is 1.90. The molecule has 2 heteroatoms. The Morgan fingerprint density at radius 3 is 2.68 bits per heavy atom. The predicted molar refractivity (Wildman–Crippen MR) is 74.6 cm³/mol. The van der Waals surface area contributed by atoms with Crippen molar-refractivity contribution in [3.63, 3.8) is 0 Å². The number of ether oxygens (including phenoxy) is 1. The van der Waals surface area contributed by atoms with Gasteiger partial charge in [-0.05, 0) is 43.0 Å². The van der Waals surface area contributed by atoms with Crippen molar-refractivity contribution >= 4 is 5.78 Å². The van der Waals surface area contributed by atoms with Crippen molar-refractivity contribution in [3.05, 3.63) is 65.2 Å². The van der Waals surface area contributed by atoms with Crippen molar-refractivity contribution < 1.29 is 9.53 Å². The number of Topliss-reactive ketones (excluding diaryl/α,β-unsaturated/α-hetero) is 1. The van der Waals surface area contributed by atoms with Crippen LogP contribution in [0.15, 0.2) is 48.5 Å². The van der Waals surface area contributed by atoms with Crippen LogP contribution in [0.2, 0.25) is 0 Å². The van der Waals surface area contributed by atoms with Gasteiger partial charge in [-0.25, -0.2) is 0 Å². The quantitative estimate of drug-likeness (QED) is 0.773. The van der Waals surface area contributed by atoms with E-state index in [2.05, 4.69) is 18.2 Å². The lowest BCUT2D eigenvalue weighted by Gasteiger charge is -2.16. The summed E-state index contributed by atoms with van der Waals surface area (Å²) in [6.45, 7) is 1.57. The standard InChI is InChI=1S/C17H16O2/c1-12(18)14-7-4-5-9-16(14)19-17-11-10-13-6-2-3-8-15(13)17/h2-9,17H,10-11H2,1H3. The van der Waals surface area contributed by atoms with Gasteiger partial charge in [0.1, 0.15) is 11.9 Å². The molecule has 96 valence electrons. The normalized spacial score (nSPS) is 17.0. The van der Waals surface area contributed by atoms with E-state index < -0.39 is 0 Å². The van der Waals surface area contributed by atoms with Crippen LogP contribution in [0.25, 0.3) is 0 Å². The second-order valence-corrected chi connectivity index (χ2v) is 4.90. The van der Waals surface area contributed by atoms with Gasteiger partial charge in [0.15, 0.2) is 5.78 Å². The van der Waals surface area contributed by atoms with Gasteiger partial charge in [0.25, 0.3) is 0 Å². The molecule has 1 aliphatic rings. The molecule has 0 aromatic heterocycles. The van der Waals surface area contributed by atoms with Crippen LogP contribution in [0.3, 0.4) is 0 Å². The van der Waals surface area contributed by atoms with Crippen molar-refractivity contribution in [2.75, 3.05) is 0 Å². The number of ketones is 1. The largest absolute Gasteiger partial charge is 0.485 e. The summed E-state index contributed by atoms with van der Waals surface area (Å²) in [7, 11) is 0. The van der Waals surface area contributed by atoms with Crippen LogP contribution < -0.4 is 4.74 Å². The molecule has 1 atom stereocenters. The minimum absolute atomic E-state index is 0.0434. The van der Waals surface area contributed by atoms with Gasteiger partial charge in [-0.2, -0.15) is 0 Å². The summed E-state index contributed by atoms with van der Waals surface area (Å²) in [6, 6.07) is 15.8. The average Bonchev–Trinajstić information content (AvgIpc) is 2.83. The van der Waals surface area contributed by atoms with Crippen LogP contribution in [0, 0.1) is 0 Å². The summed E-state index contributed by atoms with van der Waals surface area (Å²) in [4.78, 5) is 11.6. The summed E-state index contributed by atoms with van der Waals surface area (Å²) < 4.78 is 6.07. The molecule has 0 fully saturated rings. The molecular weight excluding hydrogens is 236 g/mol. The molecule has 0 spiro atoms. The number of hydrogen-bond acceptors (Lipinski definition) is 2. The van der Waals surface area contributed by atoms with Gasteiger partial charge in [0.05, 0.1) is 5.56 Å². The average molecular weight is 252 g/mol. The zero-order valence-electron chi connectivity index (χ0n) is 10.9. The molecule has 1 unspecified atom stereocenters. The van der Waals surface area contributed by atoms with Gasteiger partial charge in [-0.15, -0.1) is 0 Å². The number of fused-ring (bicyclic) bond motifs is 1. The highest BCUT2D eigenvalue weighted by Gasteiger charge is 2.24. The van der Waals surface area contributed by atoms with E-state index in [1.54, 1.807) is 6.92 Å². The van der Waals surface area contributed by atoms with Crippen LogP contribution in [-0.4, -0.2) is 5.78 Å². The third-order valence-corrected chi connectivity index (χ3v) is 3.61. The summed E-state index contributed by atoms with van der Waals surface area (Å²) in [5, 5.41) is 0. The maximum Gasteiger partial charge on any atom is 0.163 e. The monoisotopic (exact) mass is 252 g/mol. The van der Waals surface area contributed by atoms with Gasteiger partial charge in [-0.3, -0.25) is 4.79 Å². The fourth-order valence-electron chi connectivity index (χ4n) is 2.65. The summed E-state index contributed by atoms with van der Waals surface area (Å²) in [5.74, 6) is 0.735. The molecule has 2 aromatic carbocycles. The zero-order valence-corrected chi connectivity index (χ0v) is 10.9. The van der Waals surface area contributed by atoms with Crippen molar-refractivity contribution in [2.24, 2.45) is 0 Å². The molecule has 1 aliphatic carbocycles. The van der Waals surface area contributed by atoms with Crippen LogP contribution >= 0.6 is 0 Å². The number of rotatable bonds is 3. The second kappa shape index (κ2) is 4.88. The topological polar surface area (TPSA) is 26.3 Å². The molecule has 0 radical (unpaired) electrons. The number of hydrogen-bond donors (Lipinski definition) is 0. The van der Waals surface area contributed by atoms with E-state index in [4.69, 9.17) is 4.74 Å². The molecule has 0 saturated carbocycles. The second-order valence-electron chi connectivity index (χ2n) is 4.90. The maximum absolute atomic E-state index is 11.6. The van der Waals surface area contributed by atoms with Gasteiger partial charge >= 0.3 is 0 Å². The third kappa shape index (κ3) is 2.26. The Morgan fingerprint density at radius 2 is 1.84 bits per heavy atom. The van der Waals surface area contributed by atoms with Crippen molar-refractivity contribution in [3.8, 4) is 5.75 Å². The van der Waals surface area contributed by atoms with Crippen molar-refractivity contribution in [2.45, 2.75) is 25.9 Å². The lowest BCUT2D eigenvalue weighted by Crippen LogP contribution is -2.06. The van der Waals surface area contributed by atoms with Gasteiger partial charge in [0, 0.05) is 0 Å². The number of carbonyl (C=O) groups excluding carboxylic acids is 1. The molecule has 0 N–H and O–H groups in total. The Morgan fingerprint density at radius 1 is 1.11 bits per heavy atom. The molecule has 2 nitrogen and oxygen atoms in total. The molecule has 0 amide bonds. The number of benzene rings is 2. The SMILES string of the molecule is CC(=O)c1ccccc1OC1CCc2ccccc21. The highest BCUT2D eigenvalue weighted by molar-refractivity contribution is 5.96. The molecule has 19 heavy (non-hydrogen) atoms. The first kappa shape index (κ1) is 12.0. The molecule has 0 bridgehead atoms. The van der Waals surface area contributed by atoms with Gasteiger partial charge < -0.3 is 4.74 Å². The zero-order chi connectivity index (χ0) is 13.2. The number of para-hydroxylation sites is 1. The smallest absolute Gasteiger partial charge is 0.163 e. The van der Waals surface area contributed by atoms with Crippen molar-refractivity contribution in [1.29, 1.82) is 0 Å². The first-order valence-corrected chi connectivity index (χ1v) is 6.60. The Hall–Kier alpha value is -2.09. The van der Waals surface area contributed by atoms with E-state index in [0.717, 1.165) is 12.8 Å². The molecular formula is C17H16O2. The first-order valence-electron chi connectivity index (χ1n) is 6.60. The van der Waals surface area contributed by atoms with Crippen LogP contribution in [0.4, 0.5) is 0 Å². The fraction of sp³-hybridized carbons (Fsp3) is 0.235. The lowest BCUT2D eigenvalue weighted by atomic mass is 10.1. The van der Waals surface area contributed by atoms with Crippen molar-refractivity contribution in [1.82, 2.24) is 0 Å². The predicted octanol–water partition coefficient (Wildman–Crippen LogP) is 3.96. The summed E-state index contributed by atoms with van der Waals surface area (Å²) >= 11 is 0. The van der Waals surface area contributed by atoms with Crippen LogP contribution in [0.1, 0.15) is 40.9 Å². The molecule has 0 aliphatic heterocycles. The molecule has 3 rings (SSSR count). The van der Waals surface area contributed by atoms with E-state index in [-0.39, 0.29) is 11.9 Å². The highest BCUT2D eigenvalue weighted by atomic mass is 16.5. The Kier molecular flexibility index (Phi) is 3.08. The maximum atomic E-state index is 11.6. The van der Waals surface area contributed by atoms with E-state index in [1.807, 2.05) is 30.3 Å². The number of aryl methyl sites for hydroxylation is 1. The van der Waals surface area contributed by atoms with Crippen LogP contribution in [-0.2, 0) is 6.42 Å². The van der Waals surface area contributed by atoms with Crippen LogP contribution in [0.5, 0.6) is 5.75 Å². The lowest BCUT2D eigenvalue weighted by molar-refractivity contribution is 0.101. The Labute approximate surface area is 113 Å². The fourth-order valence-corrected chi connectivity index (χ4v) is 2.65. The Bertz CT molecular complexity index is 616. The number of carbonyl (C=O) groups is 1.